The van der Waals surface area contributed by atoms with Crippen molar-refractivity contribution in [1.82, 2.24) is 20.2 Å². The number of aromatic amines is 1. The smallest absolute Gasteiger partial charge is 0.314 e. The van der Waals surface area contributed by atoms with Crippen LogP contribution in [0.4, 0.5) is 4.79 Å². The van der Waals surface area contributed by atoms with Gasteiger partial charge >= 0.3 is 6.03 Å². The van der Waals surface area contributed by atoms with E-state index in [0.717, 1.165) is 18.7 Å². The molecule has 0 spiro atoms. The minimum absolute atomic E-state index is 0.0603. The van der Waals surface area contributed by atoms with Crippen LogP contribution in [0, 0.1) is 5.92 Å². The second-order valence-electron chi connectivity index (χ2n) is 4.83. The van der Waals surface area contributed by atoms with Crippen LogP contribution in [-0.4, -0.2) is 39.9 Å². The molecule has 0 aromatic carbocycles. The van der Waals surface area contributed by atoms with Crippen molar-refractivity contribution >= 4 is 11.9 Å². The van der Waals surface area contributed by atoms with E-state index in [4.69, 9.17) is 5.73 Å². The number of carbonyl (C=O) groups is 2. The largest absolute Gasteiger partial charge is 0.351 e. The molecule has 7 nitrogen and oxygen atoms in total. The average Bonchev–Trinajstić information content (AvgIpc) is 2.92. The Hall–Kier alpha value is -2.05. The molecular formula is C12H19N5O2. The van der Waals surface area contributed by atoms with Gasteiger partial charge in [-0.05, 0) is 19.8 Å². The predicted octanol–water partition coefficient (Wildman–Crippen LogP) is 0.378. The summed E-state index contributed by atoms with van der Waals surface area (Å²) >= 11 is 0. The van der Waals surface area contributed by atoms with Crippen LogP contribution in [0.5, 0.6) is 0 Å². The molecule has 0 aliphatic carbocycles. The lowest BCUT2D eigenvalue weighted by atomic mass is 9.97. The molecule has 104 valence electrons. The molecule has 3 amide bonds. The molecule has 2 unspecified atom stereocenters. The fourth-order valence-corrected chi connectivity index (χ4v) is 2.31. The number of H-pyrrole nitrogens is 1. The third kappa shape index (κ3) is 3.24. The number of aromatic nitrogens is 2. The Bertz CT molecular complexity index is 445. The van der Waals surface area contributed by atoms with E-state index < -0.39 is 6.03 Å². The van der Waals surface area contributed by atoms with Gasteiger partial charge in [0, 0.05) is 25.5 Å². The fraction of sp³-hybridized carbons (Fsp3) is 0.583. The number of carbonyl (C=O) groups excluding carboxylic acids is 2. The van der Waals surface area contributed by atoms with Gasteiger partial charge in [0.05, 0.1) is 12.0 Å². The third-order valence-electron chi connectivity index (χ3n) is 3.39. The van der Waals surface area contributed by atoms with E-state index >= 15 is 0 Å². The minimum atomic E-state index is -0.461. The predicted molar refractivity (Wildman–Crippen MR) is 69.0 cm³/mol. The Kier molecular flexibility index (Phi) is 4.03. The van der Waals surface area contributed by atoms with Crippen LogP contribution in [0.2, 0.25) is 0 Å². The summed E-state index contributed by atoms with van der Waals surface area (Å²) in [6.07, 6.45) is 4.94. The molecule has 1 aromatic heterocycles. The molecule has 1 aliphatic heterocycles. The zero-order chi connectivity index (χ0) is 13.8. The molecule has 0 radical (unpaired) electrons. The van der Waals surface area contributed by atoms with Crippen molar-refractivity contribution in [2.45, 2.75) is 25.8 Å². The molecule has 4 N–H and O–H groups in total. The van der Waals surface area contributed by atoms with E-state index in [0.29, 0.717) is 13.1 Å². The highest BCUT2D eigenvalue weighted by atomic mass is 16.2. The first-order valence-electron chi connectivity index (χ1n) is 6.42. The normalized spacial score (nSPS) is 20.9. The molecule has 19 heavy (non-hydrogen) atoms. The van der Waals surface area contributed by atoms with Gasteiger partial charge in [0.15, 0.2) is 0 Å². The van der Waals surface area contributed by atoms with E-state index in [1.54, 1.807) is 12.4 Å². The lowest BCUT2D eigenvalue weighted by molar-refractivity contribution is -0.127. The zero-order valence-corrected chi connectivity index (χ0v) is 10.9. The number of nitrogens with one attached hydrogen (secondary N) is 2. The Morgan fingerprint density at radius 1 is 1.63 bits per heavy atom. The summed E-state index contributed by atoms with van der Waals surface area (Å²) < 4.78 is 0. The number of likely N-dealkylation sites (tertiary alicyclic amines) is 1. The Balaban J connectivity index is 1.91. The number of rotatable bonds is 3. The highest BCUT2D eigenvalue weighted by Gasteiger charge is 2.28. The van der Waals surface area contributed by atoms with Crippen molar-refractivity contribution in [2.24, 2.45) is 11.7 Å². The van der Waals surface area contributed by atoms with Crippen molar-refractivity contribution in [3.63, 3.8) is 0 Å². The SMILES string of the molecule is CC(NC(=O)C1CCCN(C(N)=O)C1)c1ncc[nH]1. The molecule has 0 bridgehead atoms. The molecule has 1 fully saturated rings. The summed E-state index contributed by atoms with van der Waals surface area (Å²) in [4.78, 5) is 31.9. The highest BCUT2D eigenvalue weighted by molar-refractivity contribution is 5.80. The topological polar surface area (TPSA) is 104 Å². The zero-order valence-electron chi connectivity index (χ0n) is 10.9. The summed E-state index contributed by atoms with van der Waals surface area (Å²) in [5.74, 6) is 0.462. The van der Waals surface area contributed by atoms with E-state index in [1.165, 1.54) is 4.90 Å². The lowest BCUT2D eigenvalue weighted by Gasteiger charge is -2.31. The number of hydrogen-bond acceptors (Lipinski definition) is 3. The second-order valence-corrected chi connectivity index (χ2v) is 4.83. The quantitative estimate of drug-likeness (QED) is 0.735. The van der Waals surface area contributed by atoms with Gasteiger partial charge in [0.2, 0.25) is 5.91 Å². The monoisotopic (exact) mass is 265 g/mol. The Morgan fingerprint density at radius 2 is 2.42 bits per heavy atom. The summed E-state index contributed by atoms with van der Waals surface area (Å²) in [5, 5.41) is 2.90. The standard InChI is InChI=1S/C12H19N5O2/c1-8(10-14-4-5-15-10)16-11(18)9-3-2-6-17(7-9)12(13)19/h4-5,8-9H,2-3,6-7H2,1H3,(H2,13,19)(H,14,15)(H,16,18). The van der Waals surface area contributed by atoms with Crippen molar-refractivity contribution in [2.75, 3.05) is 13.1 Å². The van der Waals surface area contributed by atoms with Crippen LogP contribution in [0.25, 0.3) is 0 Å². The molecule has 2 atom stereocenters. The maximum absolute atomic E-state index is 12.1. The van der Waals surface area contributed by atoms with Gasteiger partial charge in [-0.2, -0.15) is 0 Å². The van der Waals surface area contributed by atoms with Gasteiger partial charge in [-0.1, -0.05) is 0 Å². The molecule has 1 aromatic rings. The minimum Gasteiger partial charge on any atom is -0.351 e. The second kappa shape index (κ2) is 5.73. The van der Waals surface area contributed by atoms with Crippen LogP contribution in [0.3, 0.4) is 0 Å². The number of amides is 3. The van der Waals surface area contributed by atoms with Gasteiger partial charge in [0.25, 0.3) is 0 Å². The van der Waals surface area contributed by atoms with Crippen LogP contribution >= 0.6 is 0 Å². The number of nitrogens with two attached hydrogens (primary N) is 1. The molecule has 7 heteroatoms. The van der Waals surface area contributed by atoms with Crippen molar-refractivity contribution < 1.29 is 9.59 Å². The summed E-state index contributed by atoms with van der Waals surface area (Å²) in [6, 6.07) is -0.636. The summed E-state index contributed by atoms with van der Waals surface area (Å²) in [6.45, 7) is 2.89. The van der Waals surface area contributed by atoms with E-state index in [1.807, 2.05) is 6.92 Å². The van der Waals surface area contributed by atoms with Gasteiger partial charge in [-0.3, -0.25) is 4.79 Å². The number of primary amides is 1. The van der Waals surface area contributed by atoms with Gasteiger partial charge in [0.1, 0.15) is 5.82 Å². The first kappa shape index (κ1) is 13.4. The molecule has 0 saturated carbocycles. The average molecular weight is 265 g/mol. The van der Waals surface area contributed by atoms with Gasteiger partial charge in [-0.25, -0.2) is 9.78 Å². The van der Waals surface area contributed by atoms with Crippen molar-refractivity contribution in [3.05, 3.63) is 18.2 Å². The lowest BCUT2D eigenvalue weighted by Crippen LogP contribution is -2.47. The fourth-order valence-electron chi connectivity index (χ4n) is 2.31. The highest BCUT2D eigenvalue weighted by Crippen LogP contribution is 2.17. The molecule has 2 rings (SSSR count). The van der Waals surface area contributed by atoms with Crippen LogP contribution in [0.15, 0.2) is 12.4 Å². The summed E-state index contributed by atoms with van der Waals surface area (Å²) in [7, 11) is 0. The molecule has 1 saturated heterocycles. The van der Waals surface area contributed by atoms with Crippen molar-refractivity contribution in [3.8, 4) is 0 Å². The van der Waals surface area contributed by atoms with Gasteiger partial charge in [-0.15, -0.1) is 0 Å². The molecule has 2 heterocycles. The number of imidazole rings is 1. The van der Waals surface area contributed by atoms with Crippen LogP contribution in [0.1, 0.15) is 31.6 Å². The third-order valence-corrected chi connectivity index (χ3v) is 3.39. The van der Waals surface area contributed by atoms with Gasteiger partial charge < -0.3 is 20.9 Å². The van der Waals surface area contributed by atoms with Crippen LogP contribution in [-0.2, 0) is 4.79 Å². The van der Waals surface area contributed by atoms with E-state index in [-0.39, 0.29) is 17.9 Å². The van der Waals surface area contributed by atoms with E-state index in [2.05, 4.69) is 15.3 Å². The first-order valence-corrected chi connectivity index (χ1v) is 6.42. The van der Waals surface area contributed by atoms with Crippen molar-refractivity contribution in [1.29, 1.82) is 0 Å². The Labute approximate surface area is 111 Å². The molecule has 1 aliphatic rings. The number of nitrogens with zero attached hydrogens (tertiary/aromatic N) is 2. The number of hydrogen-bond donors (Lipinski definition) is 3. The summed E-state index contributed by atoms with van der Waals surface area (Å²) in [5.41, 5.74) is 5.25. The van der Waals surface area contributed by atoms with Crippen LogP contribution < -0.4 is 11.1 Å². The first-order chi connectivity index (χ1) is 9.08. The number of urea groups is 1. The maximum Gasteiger partial charge on any atom is 0.314 e. The molecular weight excluding hydrogens is 246 g/mol. The Morgan fingerprint density at radius 3 is 3.05 bits per heavy atom. The van der Waals surface area contributed by atoms with E-state index in [9.17, 15) is 9.59 Å². The maximum atomic E-state index is 12.1. The number of piperidine rings is 1.